The highest BCUT2D eigenvalue weighted by Gasteiger charge is 2.25. The van der Waals surface area contributed by atoms with Crippen LogP contribution in [0.3, 0.4) is 0 Å². The van der Waals surface area contributed by atoms with E-state index in [9.17, 15) is 9.59 Å². The number of imide groups is 1. The third-order valence-electron chi connectivity index (χ3n) is 3.45. The summed E-state index contributed by atoms with van der Waals surface area (Å²) in [5, 5.41) is 1.96. The van der Waals surface area contributed by atoms with E-state index < -0.39 is 0 Å². The summed E-state index contributed by atoms with van der Waals surface area (Å²) in [4.78, 5) is 22.9. The smallest absolute Gasteiger partial charge is 0.282 e. The lowest BCUT2D eigenvalue weighted by Gasteiger charge is -2.25. The minimum atomic E-state index is -0.298. The molecular formula is C14H13NO2S. The normalized spacial score (nSPS) is 22.1. The van der Waals surface area contributed by atoms with Gasteiger partial charge in [0, 0.05) is 0 Å². The molecule has 2 fully saturated rings. The molecular weight excluding hydrogens is 246 g/mol. The number of benzene rings is 1. The average molecular weight is 259 g/mol. The van der Waals surface area contributed by atoms with Gasteiger partial charge in [-0.15, -0.1) is 0 Å². The van der Waals surface area contributed by atoms with E-state index in [2.05, 4.69) is 17.4 Å². The first-order valence-electron chi connectivity index (χ1n) is 6.07. The van der Waals surface area contributed by atoms with Crippen molar-refractivity contribution < 1.29 is 9.59 Å². The van der Waals surface area contributed by atoms with Gasteiger partial charge < -0.3 is 0 Å². The van der Waals surface area contributed by atoms with E-state index in [1.165, 1.54) is 24.8 Å². The Labute approximate surface area is 110 Å². The lowest BCUT2D eigenvalue weighted by molar-refractivity contribution is -0.115. The Morgan fingerprint density at radius 2 is 1.89 bits per heavy atom. The first-order chi connectivity index (χ1) is 8.72. The number of hydrogen-bond donors (Lipinski definition) is 1. The third-order valence-corrected chi connectivity index (χ3v) is 4.26. The first-order valence-corrected chi connectivity index (χ1v) is 6.89. The zero-order valence-corrected chi connectivity index (χ0v) is 10.6. The van der Waals surface area contributed by atoms with E-state index in [1.54, 1.807) is 6.08 Å². The second-order valence-electron chi connectivity index (χ2n) is 4.65. The Balaban J connectivity index is 1.78. The number of carbonyl (C=O) groups is 2. The highest BCUT2D eigenvalue weighted by Crippen LogP contribution is 2.36. The summed E-state index contributed by atoms with van der Waals surface area (Å²) >= 11 is 0.956. The predicted molar refractivity (Wildman–Crippen MR) is 72.1 cm³/mol. The average Bonchev–Trinajstić information content (AvgIpc) is 2.58. The summed E-state index contributed by atoms with van der Waals surface area (Å²) < 4.78 is 0. The molecule has 0 spiro atoms. The molecule has 1 aromatic carbocycles. The molecule has 1 saturated heterocycles. The number of amides is 2. The molecule has 0 atom stereocenters. The van der Waals surface area contributed by atoms with Crippen molar-refractivity contribution in [2.24, 2.45) is 0 Å². The van der Waals surface area contributed by atoms with Gasteiger partial charge in [-0.05, 0) is 47.7 Å². The van der Waals surface area contributed by atoms with Crippen molar-refractivity contribution >= 4 is 29.0 Å². The summed E-state index contributed by atoms with van der Waals surface area (Å²) in [6.45, 7) is 0. The molecule has 3 rings (SSSR count). The molecule has 0 aromatic heterocycles. The van der Waals surface area contributed by atoms with Gasteiger partial charge in [0.25, 0.3) is 11.1 Å². The molecule has 1 aromatic rings. The van der Waals surface area contributed by atoms with Crippen LogP contribution in [-0.2, 0) is 4.79 Å². The number of nitrogens with one attached hydrogen (secondary N) is 1. The summed E-state index contributed by atoms with van der Waals surface area (Å²) in [6, 6.07) is 8.26. The fraction of sp³-hybridized carbons (Fsp3) is 0.286. The number of hydrogen-bond acceptors (Lipinski definition) is 3. The van der Waals surface area contributed by atoms with Crippen LogP contribution in [0.15, 0.2) is 29.2 Å². The molecule has 0 bridgehead atoms. The van der Waals surface area contributed by atoms with Gasteiger partial charge in [-0.1, -0.05) is 30.7 Å². The third kappa shape index (κ3) is 2.20. The first kappa shape index (κ1) is 11.5. The summed E-state index contributed by atoms with van der Waals surface area (Å²) in [6.07, 6.45) is 5.66. The van der Waals surface area contributed by atoms with Crippen molar-refractivity contribution in [2.45, 2.75) is 25.2 Å². The largest absolute Gasteiger partial charge is 0.290 e. The molecule has 0 radical (unpaired) electrons. The van der Waals surface area contributed by atoms with E-state index in [0.717, 1.165) is 23.2 Å². The van der Waals surface area contributed by atoms with Crippen molar-refractivity contribution in [3.05, 3.63) is 40.3 Å². The predicted octanol–water partition coefficient (Wildman–Crippen LogP) is 3.28. The van der Waals surface area contributed by atoms with Crippen LogP contribution in [-0.4, -0.2) is 11.1 Å². The zero-order chi connectivity index (χ0) is 12.5. The summed E-state index contributed by atoms with van der Waals surface area (Å²) in [5.74, 6) is 0.422. The molecule has 92 valence electrons. The van der Waals surface area contributed by atoms with Gasteiger partial charge in [0.05, 0.1) is 4.91 Å². The molecule has 0 unspecified atom stereocenters. The van der Waals surface area contributed by atoms with Crippen LogP contribution in [0.25, 0.3) is 6.08 Å². The van der Waals surface area contributed by atoms with Crippen LogP contribution >= 0.6 is 11.8 Å². The van der Waals surface area contributed by atoms with Gasteiger partial charge in [-0.3, -0.25) is 14.9 Å². The molecule has 2 amide bonds. The number of rotatable bonds is 2. The maximum atomic E-state index is 11.4. The van der Waals surface area contributed by atoms with E-state index in [0.29, 0.717) is 4.91 Å². The maximum absolute atomic E-state index is 11.4. The zero-order valence-electron chi connectivity index (χ0n) is 9.81. The standard InChI is InChI=1S/C14H13NO2S/c16-13-12(18-14(17)15-13)8-9-4-6-11(7-5-9)10-2-1-3-10/h4-8,10H,1-3H2,(H,15,16,17)/b12-8-. The topological polar surface area (TPSA) is 46.2 Å². The molecule has 2 aliphatic rings. The van der Waals surface area contributed by atoms with Crippen LogP contribution in [0.2, 0.25) is 0 Å². The molecule has 3 nitrogen and oxygen atoms in total. The van der Waals surface area contributed by atoms with Crippen molar-refractivity contribution in [3.8, 4) is 0 Å². The van der Waals surface area contributed by atoms with Gasteiger partial charge in [0.2, 0.25) is 0 Å². The van der Waals surface area contributed by atoms with Crippen LogP contribution < -0.4 is 5.32 Å². The van der Waals surface area contributed by atoms with Gasteiger partial charge in [-0.2, -0.15) is 0 Å². The van der Waals surface area contributed by atoms with E-state index >= 15 is 0 Å². The summed E-state index contributed by atoms with van der Waals surface area (Å²) in [7, 11) is 0. The minimum Gasteiger partial charge on any atom is -0.282 e. The van der Waals surface area contributed by atoms with E-state index in [1.807, 2.05) is 12.1 Å². The van der Waals surface area contributed by atoms with Crippen molar-refractivity contribution in [3.63, 3.8) is 0 Å². The van der Waals surface area contributed by atoms with Crippen LogP contribution in [0.4, 0.5) is 4.79 Å². The Morgan fingerprint density at radius 3 is 2.39 bits per heavy atom. The van der Waals surface area contributed by atoms with Gasteiger partial charge in [0.1, 0.15) is 0 Å². The molecule has 1 aliphatic carbocycles. The molecule has 1 heterocycles. The summed E-state index contributed by atoms with van der Waals surface area (Å²) in [5.41, 5.74) is 2.34. The van der Waals surface area contributed by atoms with Crippen molar-refractivity contribution in [2.75, 3.05) is 0 Å². The molecule has 4 heteroatoms. The molecule has 18 heavy (non-hydrogen) atoms. The number of thioether (sulfide) groups is 1. The van der Waals surface area contributed by atoms with E-state index in [4.69, 9.17) is 0 Å². The molecule has 1 aliphatic heterocycles. The lowest BCUT2D eigenvalue weighted by atomic mass is 9.80. The van der Waals surface area contributed by atoms with Gasteiger partial charge >= 0.3 is 0 Å². The van der Waals surface area contributed by atoms with E-state index in [-0.39, 0.29) is 11.1 Å². The Bertz CT molecular complexity index is 529. The maximum Gasteiger partial charge on any atom is 0.290 e. The lowest BCUT2D eigenvalue weighted by Crippen LogP contribution is -2.17. The second-order valence-corrected chi connectivity index (χ2v) is 5.66. The van der Waals surface area contributed by atoms with Gasteiger partial charge in [0.15, 0.2) is 0 Å². The van der Waals surface area contributed by atoms with Crippen LogP contribution in [0.5, 0.6) is 0 Å². The highest BCUT2D eigenvalue weighted by molar-refractivity contribution is 8.18. The fourth-order valence-corrected chi connectivity index (χ4v) is 2.86. The molecule has 1 N–H and O–H groups in total. The number of carbonyl (C=O) groups excluding carboxylic acids is 2. The van der Waals surface area contributed by atoms with Crippen LogP contribution in [0, 0.1) is 0 Å². The Kier molecular flexibility index (Phi) is 2.96. The van der Waals surface area contributed by atoms with Crippen molar-refractivity contribution in [1.29, 1.82) is 0 Å². The quantitative estimate of drug-likeness (QED) is 0.829. The SMILES string of the molecule is O=C1NC(=O)/C(=C/c2ccc(C3CCC3)cc2)S1. The van der Waals surface area contributed by atoms with Crippen LogP contribution in [0.1, 0.15) is 36.3 Å². The Hall–Kier alpha value is -1.55. The highest BCUT2D eigenvalue weighted by atomic mass is 32.2. The monoisotopic (exact) mass is 259 g/mol. The fourth-order valence-electron chi connectivity index (χ4n) is 2.18. The van der Waals surface area contributed by atoms with Gasteiger partial charge in [-0.25, -0.2) is 0 Å². The second kappa shape index (κ2) is 4.61. The minimum absolute atomic E-state index is 0.294. The van der Waals surface area contributed by atoms with Crippen molar-refractivity contribution in [1.82, 2.24) is 5.32 Å². The Morgan fingerprint density at radius 1 is 1.17 bits per heavy atom. The molecule has 1 saturated carbocycles.